The van der Waals surface area contributed by atoms with Gasteiger partial charge in [-0.2, -0.15) is 0 Å². The highest BCUT2D eigenvalue weighted by Crippen LogP contribution is 2.41. The molecule has 5 aromatic rings. The molecule has 0 radical (unpaired) electrons. The quantitative estimate of drug-likeness (QED) is 0.119. The summed E-state index contributed by atoms with van der Waals surface area (Å²) in [6.07, 6.45) is 5.99. The number of aromatic hydroxyl groups is 1. The highest BCUT2D eigenvalue weighted by Gasteiger charge is 2.41. The lowest BCUT2D eigenvalue weighted by atomic mass is 9.84. The largest absolute Gasteiger partial charge is 0.508 e. The maximum atomic E-state index is 14.8. The summed E-state index contributed by atoms with van der Waals surface area (Å²) in [5.41, 5.74) is 11.1. The van der Waals surface area contributed by atoms with Crippen molar-refractivity contribution < 1.29 is 38.6 Å². The number of hydrazine groups is 1. The standard InChI is InChI=1S/C55H67N7O8/c1-8-37-19-21-56-30-44(37)49-43-29-55(5,6)33-70-53(67)45-16-13-22-62(58-45)52(66)46(26-36-24-40(27-41(63)25-36)38-17-18-47(42(43)28-38)61(49)9-2)57-50(64)48(34(3)4)59(7)51(65)39-20-23-60(31-39)54(68)69-32-35-14-11-10-12-15-35/h10-12,14-15,17-19,21,24-25,27-28,30,34,39,45-46,48,58,63H,8-9,13,16,20,22-23,26,29,31-33H2,1-7H3,(H,57,64)/t39-,45-,46-,48-/m0/s1. The number of rotatable bonds is 10. The predicted molar refractivity (Wildman–Crippen MR) is 267 cm³/mol. The second-order valence-corrected chi connectivity index (χ2v) is 20.2. The molecule has 6 bridgehead atoms. The van der Waals surface area contributed by atoms with Gasteiger partial charge in [0.25, 0.3) is 5.91 Å². The number of hydrogen-bond donors (Lipinski definition) is 3. The summed E-state index contributed by atoms with van der Waals surface area (Å²) in [5.74, 6) is -2.71. The minimum absolute atomic E-state index is 0.00510. The lowest BCUT2D eigenvalue weighted by Gasteiger charge is -2.37. The topological polar surface area (TPSA) is 176 Å². The fourth-order valence-corrected chi connectivity index (χ4v) is 10.5. The first-order valence-corrected chi connectivity index (χ1v) is 24.7. The molecule has 0 saturated carbocycles. The molecule has 15 heteroatoms. The van der Waals surface area contributed by atoms with Crippen LogP contribution in [0.4, 0.5) is 4.79 Å². The van der Waals surface area contributed by atoms with E-state index in [0.717, 1.165) is 50.8 Å². The van der Waals surface area contributed by atoms with Crippen LogP contribution in [-0.4, -0.2) is 111 Å². The predicted octanol–water partition coefficient (Wildman–Crippen LogP) is 7.45. The van der Waals surface area contributed by atoms with Gasteiger partial charge in [-0.3, -0.25) is 29.2 Å². The Kier molecular flexibility index (Phi) is 15.0. The molecule has 3 N–H and O–H groups in total. The number of amides is 4. The first kappa shape index (κ1) is 49.7. The fraction of sp³-hybridized carbons (Fsp3) is 0.455. The maximum Gasteiger partial charge on any atom is 0.410 e. The molecule has 8 rings (SSSR count). The molecule has 3 aliphatic rings. The van der Waals surface area contributed by atoms with Gasteiger partial charge in [-0.25, -0.2) is 10.2 Å². The van der Waals surface area contributed by atoms with Crippen molar-refractivity contribution in [1.82, 2.24) is 35.1 Å². The number of nitrogens with zero attached hydrogens (tertiary/aromatic N) is 5. The van der Waals surface area contributed by atoms with Crippen molar-refractivity contribution in [2.75, 3.05) is 33.3 Å². The Labute approximate surface area is 410 Å². The fourth-order valence-electron chi connectivity index (χ4n) is 10.5. The number of likely N-dealkylation sites (tertiary alicyclic amines) is 1. The number of aromatic nitrogens is 2. The average Bonchev–Trinajstić information content (AvgIpc) is 3.97. The van der Waals surface area contributed by atoms with Crippen molar-refractivity contribution in [1.29, 1.82) is 0 Å². The van der Waals surface area contributed by atoms with E-state index in [9.17, 15) is 29.1 Å². The Morgan fingerprint density at radius 1 is 1.00 bits per heavy atom. The number of aryl methyl sites for hydroxylation is 2. The lowest BCUT2D eigenvalue weighted by Crippen LogP contribution is -2.62. The first-order valence-electron chi connectivity index (χ1n) is 24.7. The number of cyclic esters (lactones) is 1. The second-order valence-electron chi connectivity index (χ2n) is 20.2. The van der Waals surface area contributed by atoms with Crippen molar-refractivity contribution in [3.8, 4) is 28.1 Å². The monoisotopic (exact) mass is 954 g/mol. The third-order valence-corrected chi connectivity index (χ3v) is 14.1. The van der Waals surface area contributed by atoms with Crippen LogP contribution in [0.25, 0.3) is 33.3 Å². The SMILES string of the molecule is CCc1ccncc1-c1c2c3cc(ccc3n1CC)-c1cc(O)cc(c1)C[C@H](NC(=O)[C@H](C(C)C)N(C)C(=O)[C@H]1CCN(C(=O)OCc3ccccc3)C1)C(=O)N1CCC[C@H](N1)C(=O)OCC(C)(C)C2. The molecule has 2 fully saturated rings. The van der Waals surface area contributed by atoms with E-state index in [4.69, 9.17) is 9.47 Å². The normalized spacial score (nSPS) is 19.9. The molecule has 4 atom stereocenters. The summed E-state index contributed by atoms with van der Waals surface area (Å²) < 4.78 is 14.0. The molecule has 70 heavy (non-hydrogen) atoms. The summed E-state index contributed by atoms with van der Waals surface area (Å²) in [5, 5.41) is 16.8. The molecule has 4 amide bonds. The van der Waals surface area contributed by atoms with Crippen LogP contribution < -0.4 is 10.7 Å². The van der Waals surface area contributed by atoms with Crippen molar-refractivity contribution >= 4 is 40.7 Å². The minimum atomic E-state index is -1.17. The van der Waals surface area contributed by atoms with E-state index in [1.54, 1.807) is 19.2 Å². The minimum Gasteiger partial charge on any atom is -0.508 e. The van der Waals surface area contributed by atoms with Gasteiger partial charge in [0.1, 0.15) is 30.5 Å². The number of hydrogen-bond acceptors (Lipinski definition) is 10. The number of carbonyl (C=O) groups excluding carboxylic acids is 5. The zero-order valence-electron chi connectivity index (χ0n) is 41.5. The molecular formula is C55H67N7O8. The maximum absolute atomic E-state index is 14.8. The molecule has 0 aliphatic carbocycles. The summed E-state index contributed by atoms with van der Waals surface area (Å²) >= 11 is 0. The Bertz CT molecular complexity index is 2750. The van der Waals surface area contributed by atoms with Crippen LogP contribution in [-0.2, 0) is 61.1 Å². The van der Waals surface area contributed by atoms with Gasteiger partial charge in [0.15, 0.2) is 0 Å². The van der Waals surface area contributed by atoms with E-state index in [-0.39, 0.29) is 50.3 Å². The third kappa shape index (κ3) is 10.7. The van der Waals surface area contributed by atoms with Crippen molar-refractivity contribution in [3.05, 3.63) is 107 Å². The average molecular weight is 954 g/mol. The van der Waals surface area contributed by atoms with Gasteiger partial charge >= 0.3 is 12.1 Å². The van der Waals surface area contributed by atoms with Gasteiger partial charge in [-0.05, 0) is 109 Å². The Morgan fingerprint density at radius 2 is 1.79 bits per heavy atom. The number of esters is 1. The van der Waals surface area contributed by atoms with E-state index in [1.807, 2.05) is 68.7 Å². The number of ether oxygens (including phenoxy) is 2. The van der Waals surface area contributed by atoms with Crippen molar-refractivity contribution in [3.63, 3.8) is 0 Å². The molecule has 2 aromatic heterocycles. The second kappa shape index (κ2) is 21.1. The molecule has 3 aromatic carbocycles. The van der Waals surface area contributed by atoms with Crippen LogP contribution in [0.3, 0.4) is 0 Å². The van der Waals surface area contributed by atoms with Gasteiger partial charge in [0, 0.05) is 73.9 Å². The van der Waals surface area contributed by atoms with E-state index >= 15 is 0 Å². The number of benzene rings is 3. The Balaban J connectivity index is 1.11. The highest BCUT2D eigenvalue weighted by atomic mass is 16.6. The number of fused-ring (bicyclic) bond motifs is 6. The van der Waals surface area contributed by atoms with Crippen LogP contribution in [0.2, 0.25) is 0 Å². The Hall–Kier alpha value is -6.74. The zero-order chi connectivity index (χ0) is 49.9. The van der Waals surface area contributed by atoms with Gasteiger partial charge < -0.3 is 34.3 Å². The molecular weight excluding hydrogens is 887 g/mol. The first-order chi connectivity index (χ1) is 33.5. The summed E-state index contributed by atoms with van der Waals surface area (Å²) in [7, 11) is 1.58. The van der Waals surface area contributed by atoms with E-state index in [1.165, 1.54) is 20.4 Å². The van der Waals surface area contributed by atoms with Gasteiger partial charge in [-0.1, -0.05) is 77.1 Å². The molecule has 15 nitrogen and oxygen atoms in total. The smallest absolute Gasteiger partial charge is 0.410 e. The van der Waals surface area contributed by atoms with E-state index < -0.39 is 53.3 Å². The van der Waals surface area contributed by atoms with Crippen LogP contribution in [0.15, 0.2) is 85.2 Å². The number of nitrogens with one attached hydrogen (secondary N) is 2. The van der Waals surface area contributed by atoms with Gasteiger partial charge in [-0.15, -0.1) is 0 Å². The van der Waals surface area contributed by atoms with Gasteiger partial charge in [0.2, 0.25) is 11.8 Å². The van der Waals surface area contributed by atoms with Crippen LogP contribution in [0, 0.1) is 17.3 Å². The summed E-state index contributed by atoms with van der Waals surface area (Å²) in [4.78, 5) is 78.0. The Morgan fingerprint density at radius 3 is 2.53 bits per heavy atom. The van der Waals surface area contributed by atoms with Crippen molar-refractivity contribution in [2.24, 2.45) is 17.3 Å². The molecule has 2 saturated heterocycles. The summed E-state index contributed by atoms with van der Waals surface area (Å²) in [6.45, 7) is 13.8. The van der Waals surface area contributed by atoms with Crippen LogP contribution in [0.1, 0.15) is 83.1 Å². The molecule has 0 spiro atoms. The number of phenolic OH excluding ortho intramolecular Hbond substituents is 1. The number of pyridine rings is 1. The third-order valence-electron chi connectivity index (χ3n) is 14.1. The molecule has 5 heterocycles. The van der Waals surface area contributed by atoms with E-state index in [2.05, 4.69) is 66.2 Å². The van der Waals surface area contributed by atoms with Crippen LogP contribution in [0.5, 0.6) is 5.75 Å². The van der Waals surface area contributed by atoms with E-state index in [0.29, 0.717) is 44.3 Å². The molecule has 370 valence electrons. The van der Waals surface area contributed by atoms with Gasteiger partial charge in [0.05, 0.1) is 18.2 Å². The van der Waals surface area contributed by atoms with Crippen molar-refractivity contribution in [2.45, 2.75) is 111 Å². The number of phenols is 1. The lowest BCUT2D eigenvalue weighted by molar-refractivity contribution is -0.155. The highest BCUT2D eigenvalue weighted by molar-refractivity contribution is 5.96. The van der Waals surface area contributed by atoms with Crippen LogP contribution >= 0.6 is 0 Å². The zero-order valence-corrected chi connectivity index (χ0v) is 41.5. The number of likely N-dealkylation sites (N-methyl/N-ethyl adjacent to an activating group) is 1. The molecule has 0 unspecified atom stereocenters. The summed E-state index contributed by atoms with van der Waals surface area (Å²) in [6, 6.07) is 20.0. The molecule has 3 aliphatic heterocycles. The number of carbonyl (C=O) groups is 5.